The van der Waals surface area contributed by atoms with Gasteiger partial charge in [-0.3, -0.25) is 9.78 Å². The summed E-state index contributed by atoms with van der Waals surface area (Å²) in [5.74, 6) is -0.352. The molecule has 4 rings (SSSR count). The molecule has 1 amide bonds. The van der Waals surface area contributed by atoms with E-state index in [-0.39, 0.29) is 16.8 Å². The van der Waals surface area contributed by atoms with Crippen LogP contribution in [0.4, 0.5) is 5.69 Å². The number of nitrogens with zero attached hydrogens (tertiary/aromatic N) is 2. The Labute approximate surface area is 177 Å². The number of aromatic nitrogens is 1. The average molecular weight is 424 g/mol. The largest absolute Gasteiger partial charge is 0.320 e. The number of anilines is 1. The number of rotatable bonds is 4. The molecular weight excluding hydrogens is 398 g/mol. The molecule has 0 spiro atoms. The molecule has 1 aliphatic rings. The summed E-state index contributed by atoms with van der Waals surface area (Å²) in [5, 5.41) is 3.82. The van der Waals surface area contributed by atoms with E-state index in [1.165, 1.54) is 6.07 Å². The van der Waals surface area contributed by atoms with E-state index in [0.29, 0.717) is 28.9 Å². The van der Waals surface area contributed by atoms with Crippen molar-refractivity contribution >= 4 is 32.5 Å². The molecule has 0 radical (unpaired) electrons. The number of benzene rings is 2. The fraction of sp³-hybridized carbons (Fsp3) is 0.304. The predicted octanol–water partition coefficient (Wildman–Crippen LogP) is 4.36. The monoisotopic (exact) mass is 423 g/mol. The lowest BCUT2D eigenvalue weighted by atomic mass is 10.1. The van der Waals surface area contributed by atoms with Gasteiger partial charge in [-0.25, -0.2) is 8.42 Å². The first-order chi connectivity index (χ1) is 14.4. The molecule has 1 unspecified atom stereocenters. The van der Waals surface area contributed by atoms with E-state index < -0.39 is 10.0 Å². The number of sulfonamides is 1. The van der Waals surface area contributed by atoms with Crippen molar-refractivity contribution in [1.29, 1.82) is 0 Å². The van der Waals surface area contributed by atoms with Crippen LogP contribution in [0.5, 0.6) is 0 Å². The molecule has 2 heterocycles. The summed E-state index contributed by atoms with van der Waals surface area (Å²) in [4.78, 5) is 17.6. The van der Waals surface area contributed by atoms with Gasteiger partial charge in [0.2, 0.25) is 10.0 Å². The molecule has 156 valence electrons. The van der Waals surface area contributed by atoms with Crippen molar-refractivity contribution in [2.24, 2.45) is 0 Å². The molecule has 1 aromatic heterocycles. The van der Waals surface area contributed by atoms with Crippen LogP contribution in [0, 0.1) is 6.92 Å². The first kappa shape index (κ1) is 20.5. The van der Waals surface area contributed by atoms with Crippen LogP contribution in [-0.2, 0) is 10.0 Å². The minimum Gasteiger partial charge on any atom is -0.320 e. The van der Waals surface area contributed by atoms with Crippen molar-refractivity contribution in [1.82, 2.24) is 9.29 Å². The van der Waals surface area contributed by atoms with E-state index in [9.17, 15) is 13.2 Å². The zero-order chi connectivity index (χ0) is 21.3. The minimum atomic E-state index is -3.65. The summed E-state index contributed by atoms with van der Waals surface area (Å²) in [6.07, 6.45) is 4.42. The Balaban J connectivity index is 1.67. The maximum atomic E-state index is 13.2. The molecule has 3 aromatic rings. The van der Waals surface area contributed by atoms with Gasteiger partial charge in [-0.15, -0.1) is 0 Å². The number of carbonyl (C=O) groups excluding carboxylic acids is 1. The number of amides is 1. The Kier molecular flexibility index (Phi) is 5.58. The van der Waals surface area contributed by atoms with E-state index in [2.05, 4.69) is 10.3 Å². The van der Waals surface area contributed by atoms with Crippen molar-refractivity contribution in [2.45, 2.75) is 44.0 Å². The summed E-state index contributed by atoms with van der Waals surface area (Å²) >= 11 is 0. The molecule has 1 saturated heterocycles. The fourth-order valence-corrected chi connectivity index (χ4v) is 5.69. The highest BCUT2D eigenvalue weighted by molar-refractivity contribution is 7.89. The second-order valence-corrected chi connectivity index (χ2v) is 9.66. The van der Waals surface area contributed by atoms with Gasteiger partial charge in [0.05, 0.1) is 16.1 Å². The van der Waals surface area contributed by atoms with E-state index in [1.807, 2.05) is 31.2 Å². The van der Waals surface area contributed by atoms with Crippen LogP contribution < -0.4 is 5.32 Å². The van der Waals surface area contributed by atoms with Crippen LogP contribution in [0.1, 0.15) is 42.1 Å². The first-order valence-electron chi connectivity index (χ1n) is 10.2. The molecule has 1 fully saturated rings. The van der Waals surface area contributed by atoms with Crippen LogP contribution in [-0.4, -0.2) is 36.2 Å². The van der Waals surface area contributed by atoms with E-state index in [0.717, 1.165) is 24.6 Å². The Hall–Kier alpha value is -2.77. The number of hydrogen-bond donors (Lipinski definition) is 1. The van der Waals surface area contributed by atoms with Gasteiger partial charge < -0.3 is 5.32 Å². The van der Waals surface area contributed by atoms with Gasteiger partial charge in [0, 0.05) is 29.7 Å². The van der Waals surface area contributed by atoms with Crippen LogP contribution in [0.25, 0.3) is 10.9 Å². The maximum Gasteiger partial charge on any atom is 0.256 e. The number of para-hydroxylation sites is 1. The zero-order valence-electron chi connectivity index (χ0n) is 17.1. The number of fused-ring (bicyclic) bond motifs is 1. The summed E-state index contributed by atoms with van der Waals surface area (Å²) in [7, 11) is -3.65. The second kappa shape index (κ2) is 8.16. The van der Waals surface area contributed by atoms with E-state index in [4.69, 9.17) is 0 Å². The van der Waals surface area contributed by atoms with Crippen molar-refractivity contribution in [3.63, 3.8) is 0 Å². The predicted molar refractivity (Wildman–Crippen MR) is 118 cm³/mol. The number of piperidine rings is 1. The van der Waals surface area contributed by atoms with Gasteiger partial charge in [-0.2, -0.15) is 4.31 Å². The van der Waals surface area contributed by atoms with Crippen LogP contribution in [0.3, 0.4) is 0 Å². The summed E-state index contributed by atoms with van der Waals surface area (Å²) in [6.45, 7) is 4.25. The second-order valence-electron chi connectivity index (χ2n) is 7.77. The van der Waals surface area contributed by atoms with Gasteiger partial charge in [0.1, 0.15) is 0 Å². The van der Waals surface area contributed by atoms with Crippen molar-refractivity contribution in [2.75, 3.05) is 11.9 Å². The third-order valence-electron chi connectivity index (χ3n) is 5.68. The smallest absolute Gasteiger partial charge is 0.256 e. The summed E-state index contributed by atoms with van der Waals surface area (Å²) in [5.41, 5.74) is 2.34. The Morgan fingerprint density at radius 2 is 1.93 bits per heavy atom. The molecular formula is C23H25N3O3S. The maximum absolute atomic E-state index is 13.2. The quantitative estimate of drug-likeness (QED) is 0.676. The Morgan fingerprint density at radius 1 is 1.13 bits per heavy atom. The molecule has 1 aliphatic heterocycles. The van der Waals surface area contributed by atoms with Crippen molar-refractivity contribution in [3.05, 3.63) is 65.9 Å². The Morgan fingerprint density at radius 3 is 2.73 bits per heavy atom. The molecule has 1 N–H and O–H groups in total. The first-order valence-corrected chi connectivity index (χ1v) is 11.6. The standard InChI is InChI=1S/C23H25N3O3S/c1-16-11-12-19(30(28,29)26-14-4-3-7-17(26)2)15-20(16)23(27)25-21-10-5-8-18-9-6-13-24-22(18)21/h5-6,8-13,15,17H,3-4,7,14H2,1-2H3,(H,25,27). The normalized spacial score (nSPS) is 17.7. The highest BCUT2D eigenvalue weighted by Crippen LogP contribution is 2.27. The number of hydrogen-bond acceptors (Lipinski definition) is 4. The molecule has 0 bridgehead atoms. The van der Waals surface area contributed by atoms with E-state index in [1.54, 1.807) is 35.6 Å². The van der Waals surface area contributed by atoms with Crippen molar-refractivity contribution in [3.8, 4) is 0 Å². The molecule has 2 aromatic carbocycles. The van der Waals surface area contributed by atoms with Gasteiger partial charge in [0.25, 0.3) is 5.91 Å². The SMILES string of the molecule is Cc1ccc(S(=O)(=O)N2CCCCC2C)cc1C(=O)Nc1cccc2cccnc12. The Bertz CT molecular complexity index is 1200. The lowest BCUT2D eigenvalue weighted by Crippen LogP contribution is -2.42. The zero-order valence-corrected chi connectivity index (χ0v) is 17.9. The average Bonchev–Trinajstić information content (AvgIpc) is 2.74. The lowest BCUT2D eigenvalue weighted by Gasteiger charge is -2.32. The third-order valence-corrected chi connectivity index (χ3v) is 7.69. The van der Waals surface area contributed by atoms with Gasteiger partial charge in [-0.05, 0) is 56.5 Å². The molecule has 0 aliphatic carbocycles. The topological polar surface area (TPSA) is 79.4 Å². The van der Waals surface area contributed by atoms with Crippen molar-refractivity contribution < 1.29 is 13.2 Å². The molecule has 7 heteroatoms. The third kappa shape index (κ3) is 3.82. The number of carbonyl (C=O) groups is 1. The van der Waals surface area contributed by atoms with E-state index >= 15 is 0 Å². The van der Waals surface area contributed by atoms with Crippen LogP contribution in [0.2, 0.25) is 0 Å². The minimum absolute atomic E-state index is 0.0379. The van der Waals surface area contributed by atoms with Gasteiger partial charge >= 0.3 is 0 Å². The lowest BCUT2D eigenvalue weighted by molar-refractivity contribution is 0.102. The number of pyridine rings is 1. The van der Waals surface area contributed by atoms with Crippen LogP contribution >= 0.6 is 0 Å². The molecule has 1 atom stereocenters. The number of nitrogens with one attached hydrogen (secondary N) is 1. The fourth-order valence-electron chi connectivity index (χ4n) is 3.97. The molecule has 0 saturated carbocycles. The molecule has 6 nitrogen and oxygen atoms in total. The van der Waals surface area contributed by atoms with Gasteiger partial charge in [-0.1, -0.05) is 30.7 Å². The van der Waals surface area contributed by atoms with Gasteiger partial charge in [0.15, 0.2) is 0 Å². The highest BCUT2D eigenvalue weighted by Gasteiger charge is 2.31. The highest BCUT2D eigenvalue weighted by atomic mass is 32.2. The molecule has 30 heavy (non-hydrogen) atoms. The number of aryl methyl sites for hydroxylation is 1. The summed E-state index contributed by atoms with van der Waals surface area (Å²) in [6, 6.07) is 14.1. The summed E-state index contributed by atoms with van der Waals surface area (Å²) < 4.78 is 28.0. The van der Waals surface area contributed by atoms with Crippen LogP contribution in [0.15, 0.2) is 59.6 Å².